The summed E-state index contributed by atoms with van der Waals surface area (Å²) in [5.74, 6) is 1.69. The molecule has 0 spiro atoms. The summed E-state index contributed by atoms with van der Waals surface area (Å²) in [7, 11) is 3.16. The molecule has 150 valence electrons. The van der Waals surface area contributed by atoms with Gasteiger partial charge in [0.05, 0.1) is 14.2 Å². The van der Waals surface area contributed by atoms with Crippen molar-refractivity contribution in [3.63, 3.8) is 0 Å². The average Bonchev–Trinajstić information content (AvgIpc) is 2.67. The number of carbonyl (C=O) groups excluding carboxylic acids is 2. The van der Waals surface area contributed by atoms with E-state index in [9.17, 15) is 9.59 Å². The lowest BCUT2D eigenvalue weighted by atomic mass is 9.94. The molecule has 0 aromatic heterocycles. The largest absolute Gasteiger partial charge is 0.496 e. The Bertz CT molecular complexity index is 654. The standard InChI is InChI=1S/C21H32N2O4/c1-13(2)15(4)22-20(24)16-7-9-23(10-8-16)21(25)17-11-18(26-5)14(3)19(12-17)27-6/h11-13,15-16H,7-10H2,1-6H3,(H,22,24). The van der Waals surface area contributed by atoms with Crippen LogP contribution in [0.5, 0.6) is 11.5 Å². The summed E-state index contributed by atoms with van der Waals surface area (Å²) in [5, 5.41) is 3.09. The van der Waals surface area contributed by atoms with E-state index in [4.69, 9.17) is 9.47 Å². The predicted octanol–water partition coefficient (Wildman–Crippen LogP) is 3.03. The van der Waals surface area contributed by atoms with Crippen LogP contribution in [0, 0.1) is 18.8 Å². The molecule has 1 aliphatic heterocycles. The summed E-state index contributed by atoms with van der Waals surface area (Å²) in [6.45, 7) is 9.26. The van der Waals surface area contributed by atoms with Crippen LogP contribution in [-0.4, -0.2) is 50.1 Å². The van der Waals surface area contributed by atoms with Crippen molar-refractivity contribution in [2.45, 2.75) is 46.6 Å². The number of hydrogen-bond acceptors (Lipinski definition) is 4. The van der Waals surface area contributed by atoms with Crippen molar-refractivity contribution in [2.24, 2.45) is 11.8 Å². The van der Waals surface area contributed by atoms with Gasteiger partial charge in [-0.05, 0) is 44.7 Å². The molecule has 27 heavy (non-hydrogen) atoms. The maximum Gasteiger partial charge on any atom is 0.254 e. The van der Waals surface area contributed by atoms with Crippen molar-refractivity contribution < 1.29 is 19.1 Å². The SMILES string of the molecule is COc1cc(C(=O)N2CCC(C(=O)NC(C)C(C)C)CC2)cc(OC)c1C. The zero-order chi connectivity index (χ0) is 20.1. The van der Waals surface area contributed by atoms with Crippen molar-refractivity contribution in [2.75, 3.05) is 27.3 Å². The molecule has 1 heterocycles. The molecule has 1 aromatic rings. The quantitative estimate of drug-likeness (QED) is 0.829. The van der Waals surface area contributed by atoms with Crippen LogP contribution in [0.1, 0.15) is 49.5 Å². The van der Waals surface area contributed by atoms with Crippen LogP contribution in [0.3, 0.4) is 0 Å². The van der Waals surface area contributed by atoms with Gasteiger partial charge in [-0.3, -0.25) is 9.59 Å². The van der Waals surface area contributed by atoms with Gasteiger partial charge in [0.25, 0.3) is 5.91 Å². The second-order valence-corrected chi connectivity index (χ2v) is 7.61. The fourth-order valence-electron chi connectivity index (χ4n) is 3.25. The molecule has 1 atom stereocenters. The van der Waals surface area contributed by atoms with Crippen LogP contribution < -0.4 is 14.8 Å². The Balaban J connectivity index is 2.02. The topological polar surface area (TPSA) is 67.9 Å². The Morgan fingerprint density at radius 1 is 1.07 bits per heavy atom. The molecule has 6 heteroatoms. The molecule has 1 N–H and O–H groups in total. The molecule has 2 rings (SSSR count). The summed E-state index contributed by atoms with van der Waals surface area (Å²) in [4.78, 5) is 27.1. The molecule has 2 amide bonds. The maximum atomic E-state index is 12.9. The first-order valence-corrected chi connectivity index (χ1v) is 9.60. The summed E-state index contributed by atoms with van der Waals surface area (Å²) >= 11 is 0. The van der Waals surface area contributed by atoms with Crippen LogP contribution >= 0.6 is 0 Å². The van der Waals surface area contributed by atoms with E-state index < -0.39 is 0 Å². The highest BCUT2D eigenvalue weighted by molar-refractivity contribution is 5.95. The van der Waals surface area contributed by atoms with Gasteiger partial charge in [0, 0.05) is 36.2 Å². The highest BCUT2D eigenvalue weighted by Crippen LogP contribution is 2.30. The predicted molar refractivity (Wildman–Crippen MR) is 105 cm³/mol. The van der Waals surface area contributed by atoms with Gasteiger partial charge in [-0.2, -0.15) is 0 Å². The highest BCUT2D eigenvalue weighted by Gasteiger charge is 2.29. The normalized spacial score (nSPS) is 16.2. The van der Waals surface area contributed by atoms with E-state index in [1.165, 1.54) is 0 Å². The number of piperidine rings is 1. The molecule has 1 saturated heterocycles. The zero-order valence-electron chi connectivity index (χ0n) is 17.3. The summed E-state index contributed by atoms with van der Waals surface area (Å²) in [6, 6.07) is 3.66. The first kappa shape index (κ1) is 21.1. The number of amides is 2. The van der Waals surface area contributed by atoms with Crippen LogP contribution in [-0.2, 0) is 4.79 Å². The molecular formula is C21H32N2O4. The Hall–Kier alpha value is -2.24. The minimum atomic E-state index is -0.0546. The van der Waals surface area contributed by atoms with E-state index in [1.807, 2.05) is 13.8 Å². The molecule has 1 aliphatic rings. The number of hydrogen-bond donors (Lipinski definition) is 1. The van der Waals surface area contributed by atoms with Crippen LogP contribution in [0.25, 0.3) is 0 Å². The van der Waals surface area contributed by atoms with Gasteiger partial charge in [0.1, 0.15) is 11.5 Å². The molecule has 0 radical (unpaired) electrons. The minimum absolute atomic E-state index is 0.0302. The van der Waals surface area contributed by atoms with Gasteiger partial charge in [0.15, 0.2) is 0 Å². The Kier molecular flexibility index (Phi) is 7.11. The Labute approximate surface area is 162 Å². The van der Waals surface area contributed by atoms with Gasteiger partial charge < -0.3 is 19.7 Å². The van der Waals surface area contributed by atoms with Gasteiger partial charge in [-0.1, -0.05) is 13.8 Å². The number of benzene rings is 1. The molecule has 0 bridgehead atoms. The molecular weight excluding hydrogens is 344 g/mol. The highest BCUT2D eigenvalue weighted by atomic mass is 16.5. The smallest absolute Gasteiger partial charge is 0.254 e. The zero-order valence-corrected chi connectivity index (χ0v) is 17.3. The van der Waals surface area contributed by atoms with Crippen LogP contribution in [0.15, 0.2) is 12.1 Å². The van der Waals surface area contributed by atoms with E-state index in [2.05, 4.69) is 19.2 Å². The third-order valence-electron chi connectivity index (χ3n) is 5.52. The van der Waals surface area contributed by atoms with E-state index in [1.54, 1.807) is 31.3 Å². The van der Waals surface area contributed by atoms with Crippen LogP contribution in [0.4, 0.5) is 0 Å². The fraction of sp³-hybridized carbons (Fsp3) is 0.619. The minimum Gasteiger partial charge on any atom is -0.496 e. The van der Waals surface area contributed by atoms with Crippen molar-refractivity contribution in [3.8, 4) is 11.5 Å². The Morgan fingerprint density at radius 3 is 2.04 bits per heavy atom. The lowest BCUT2D eigenvalue weighted by Crippen LogP contribution is -2.45. The third kappa shape index (κ3) is 4.93. The fourth-order valence-corrected chi connectivity index (χ4v) is 3.25. The first-order valence-electron chi connectivity index (χ1n) is 9.60. The average molecular weight is 376 g/mol. The van der Waals surface area contributed by atoms with E-state index in [0.717, 1.165) is 5.56 Å². The number of nitrogens with one attached hydrogen (secondary N) is 1. The number of likely N-dealkylation sites (tertiary alicyclic amines) is 1. The maximum absolute atomic E-state index is 12.9. The molecule has 1 aromatic carbocycles. The molecule has 1 fully saturated rings. The number of ether oxygens (including phenoxy) is 2. The van der Waals surface area contributed by atoms with Crippen LogP contribution in [0.2, 0.25) is 0 Å². The second-order valence-electron chi connectivity index (χ2n) is 7.61. The van der Waals surface area contributed by atoms with Crippen molar-refractivity contribution in [1.82, 2.24) is 10.2 Å². The lowest BCUT2D eigenvalue weighted by molar-refractivity contribution is -0.127. The first-order chi connectivity index (χ1) is 12.8. The Morgan fingerprint density at radius 2 is 1.59 bits per heavy atom. The summed E-state index contributed by atoms with van der Waals surface area (Å²) in [6.07, 6.45) is 1.37. The van der Waals surface area contributed by atoms with Crippen molar-refractivity contribution >= 4 is 11.8 Å². The van der Waals surface area contributed by atoms with E-state index >= 15 is 0 Å². The second kappa shape index (κ2) is 9.11. The molecule has 0 aliphatic carbocycles. The monoisotopic (exact) mass is 376 g/mol. The summed E-state index contributed by atoms with van der Waals surface area (Å²) in [5.41, 5.74) is 1.41. The molecule has 1 unspecified atom stereocenters. The van der Waals surface area contributed by atoms with Gasteiger partial charge >= 0.3 is 0 Å². The van der Waals surface area contributed by atoms with Gasteiger partial charge in [-0.15, -0.1) is 0 Å². The van der Waals surface area contributed by atoms with E-state index in [0.29, 0.717) is 48.9 Å². The summed E-state index contributed by atoms with van der Waals surface area (Å²) < 4.78 is 10.7. The molecule has 6 nitrogen and oxygen atoms in total. The number of carbonyl (C=O) groups is 2. The van der Waals surface area contributed by atoms with E-state index in [-0.39, 0.29) is 23.8 Å². The van der Waals surface area contributed by atoms with Crippen molar-refractivity contribution in [3.05, 3.63) is 23.3 Å². The van der Waals surface area contributed by atoms with Gasteiger partial charge in [0.2, 0.25) is 5.91 Å². The molecule has 0 saturated carbocycles. The van der Waals surface area contributed by atoms with Crippen molar-refractivity contribution in [1.29, 1.82) is 0 Å². The van der Waals surface area contributed by atoms with Gasteiger partial charge in [-0.25, -0.2) is 0 Å². The number of methoxy groups -OCH3 is 2. The lowest BCUT2D eigenvalue weighted by Gasteiger charge is -2.32. The number of rotatable bonds is 6. The number of nitrogens with zero attached hydrogens (tertiary/aromatic N) is 1. The third-order valence-corrected chi connectivity index (χ3v) is 5.52.